The molecule has 0 aliphatic carbocycles. The van der Waals surface area contributed by atoms with Crippen molar-refractivity contribution < 1.29 is 14.3 Å². The highest BCUT2D eigenvalue weighted by Gasteiger charge is 2.22. The third kappa shape index (κ3) is 5.12. The van der Waals surface area contributed by atoms with Crippen LogP contribution in [0.15, 0.2) is 53.4 Å². The lowest BCUT2D eigenvalue weighted by atomic mass is 10.1. The minimum absolute atomic E-state index is 0.279. The molecule has 158 valence electrons. The molecular formula is C24H27FN2O2S. The Labute approximate surface area is 181 Å². The van der Waals surface area contributed by atoms with Crippen LogP contribution >= 0.6 is 11.8 Å². The highest BCUT2D eigenvalue weighted by molar-refractivity contribution is 7.98. The minimum atomic E-state index is -0.919. The van der Waals surface area contributed by atoms with Gasteiger partial charge < -0.3 is 15.0 Å². The van der Waals surface area contributed by atoms with Gasteiger partial charge in [-0.05, 0) is 68.5 Å². The Balaban J connectivity index is 1.71. The molecule has 30 heavy (non-hydrogen) atoms. The predicted molar refractivity (Wildman–Crippen MR) is 120 cm³/mol. The Morgan fingerprint density at radius 3 is 2.27 bits per heavy atom. The molecule has 3 aromatic rings. The number of benzene rings is 2. The van der Waals surface area contributed by atoms with Gasteiger partial charge in [-0.3, -0.25) is 0 Å². The van der Waals surface area contributed by atoms with Crippen LogP contribution in [0, 0.1) is 19.7 Å². The van der Waals surface area contributed by atoms with E-state index in [1.165, 1.54) is 22.6 Å². The lowest BCUT2D eigenvalue weighted by Crippen LogP contribution is -2.18. The van der Waals surface area contributed by atoms with Gasteiger partial charge in [-0.1, -0.05) is 24.3 Å². The Bertz CT molecular complexity index is 1010. The number of carboxylic acid groups (broad SMARTS) is 1. The zero-order valence-corrected chi connectivity index (χ0v) is 18.4. The molecule has 0 saturated heterocycles. The van der Waals surface area contributed by atoms with Crippen LogP contribution in [-0.2, 0) is 19.5 Å². The molecule has 4 nitrogen and oxygen atoms in total. The summed E-state index contributed by atoms with van der Waals surface area (Å²) in [6, 6.07) is 14.8. The molecule has 0 fully saturated rings. The molecule has 0 aliphatic heterocycles. The van der Waals surface area contributed by atoms with Crippen LogP contribution in [0.4, 0.5) is 4.39 Å². The molecule has 0 aliphatic rings. The summed E-state index contributed by atoms with van der Waals surface area (Å²) in [5.41, 5.74) is 4.98. The van der Waals surface area contributed by atoms with Crippen molar-refractivity contribution in [3.63, 3.8) is 0 Å². The van der Waals surface area contributed by atoms with Gasteiger partial charge in [-0.15, -0.1) is 11.8 Å². The van der Waals surface area contributed by atoms with E-state index in [1.807, 2.05) is 18.4 Å². The second-order valence-electron chi connectivity index (χ2n) is 7.32. The number of hydrogen-bond donors (Lipinski definition) is 2. The van der Waals surface area contributed by atoms with Crippen molar-refractivity contribution in [2.75, 3.05) is 12.8 Å². The summed E-state index contributed by atoms with van der Waals surface area (Å²) in [6.07, 6.45) is 2.94. The van der Waals surface area contributed by atoms with Gasteiger partial charge in [0, 0.05) is 34.9 Å². The van der Waals surface area contributed by atoms with Crippen molar-refractivity contribution in [2.24, 2.45) is 0 Å². The number of carbonyl (C=O) groups is 1. The topological polar surface area (TPSA) is 54.3 Å². The molecule has 2 aromatic carbocycles. The van der Waals surface area contributed by atoms with E-state index in [2.05, 4.69) is 35.8 Å². The van der Waals surface area contributed by atoms with Gasteiger partial charge in [0.2, 0.25) is 0 Å². The molecule has 6 heteroatoms. The Morgan fingerprint density at radius 1 is 1.03 bits per heavy atom. The average molecular weight is 427 g/mol. The first-order valence-electron chi connectivity index (χ1n) is 9.90. The van der Waals surface area contributed by atoms with Gasteiger partial charge in [0.25, 0.3) is 0 Å². The van der Waals surface area contributed by atoms with Crippen LogP contribution in [0.1, 0.15) is 38.4 Å². The molecule has 0 bridgehead atoms. The molecule has 1 aromatic heterocycles. The molecule has 0 saturated carbocycles. The first kappa shape index (κ1) is 22.1. The van der Waals surface area contributed by atoms with Crippen LogP contribution < -0.4 is 5.32 Å². The maximum atomic E-state index is 13.2. The van der Waals surface area contributed by atoms with E-state index < -0.39 is 5.97 Å². The van der Waals surface area contributed by atoms with Crippen LogP contribution in [0.25, 0.3) is 0 Å². The molecule has 0 atom stereocenters. The second kappa shape index (κ2) is 9.96. The number of rotatable bonds is 9. The normalized spacial score (nSPS) is 11.1. The first-order valence-corrected chi connectivity index (χ1v) is 11.1. The third-order valence-electron chi connectivity index (χ3n) is 5.43. The number of nitrogens with one attached hydrogen (secondary N) is 1. The fraction of sp³-hybridized carbons (Fsp3) is 0.292. The number of hydrogen-bond acceptors (Lipinski definition) is 3. The summed E-state index contributed by atoms with van der Waals surface area (Å²) in [6.45, 7) is 5.55. The zero-order chi connectivity index (χ0) is 21.7. The second-order valence-corrected chi connectivity index (χ2v) is 8.20. The third-order valence-corrected chi connectivity index (χ3v) is 6.17. The standard InChI is InChI=1S/C24H27FN2O2S/c1-16-22(14-26-13-12-18-6-10-21(30-3)11-7-18)23(24(28)29)17(2)27(16)15-19-4-8-20(25)9-5-19/h4-11,26H,12-15H2,1-3H3,(H,28,29). The van der Waals surface area contributed by atoms with Crippen LogP contribution in [-0.4, -0.2) is 28.4 Å². The van der Waals surface area contributed by atoms with Gasteiger partial charge >= 0.3 is 5.97 Å². The fourth-order valence-electron chi connectivity index (χ4n) is 3.70. The summed E-state index contributed by atoms with van der Waals surface area (Å²) >= 11 is 1.72. The van der Waals surface area contributed by atoms with Crippen molar-refractivity contribution in [1.82, 2.24) is 9.88 Å². The van der Waals surface area contributed by atoms with Crippen molar-refractivity contribution in [1.29, 1.82) is 0 Å². The Kier molecular flexibility index (Phi) is 7.34. The Hall–Kier alpha value is -2.57. The lowest BCUT2D eigenvalue weighted by Gasteiger charge is -2.10. The van der Waals surface area contributed by atoms with Gasteiger partial charge in [-0.25, -0.2) is 9.18 Å². The molecule has 0 radical (unpaired) electrons. The van der Waals surface area contributed by atoms with Crippen molar-refractivity contribution in [3.05, 3.63) is 88.0 Å². The average Bonchev–Trinajstić information content (AvgIpc) is 2.97. The van der Waals surface area contributed by atoms with Crippen LogP contribution in [0.3, 0.4) is 0 Å². The van der Waals surface area contributed by atoms with Crippen LogP contribution in [0.5, 0.6) is 0 Å². The first-order chi connectivity index (χ1) is 14.4. The molecule has 0 amide bonds. The summed E-state index contributed by atoms with van der Waals surface area (Å²) < 4.78 is 15.2. The number of aromatic nitrogens is 1. The largest absolute Gasteiger partial charge is 0.478 e. The predicted octanol–water partition coefficient (Wildman–Crippen LogP) is 5.04. The molecular weight excluding hydrogens is 399 g/mol. The fourth-order valence-corrected chi connectivity index (χ4v) is 4.10. The molecule has 2 N–H and O–H groups in total. The van der Waals surface area contributed by atoms with E-state index in [4.69, 9.17) is 0 Å². The van der Waals surface area contributed by atoms with Gasteiger partial charge in [0.05, 0.1) is 5.56 Å². The monoisotopic (exact) mass is 426 g/mol. The molecule has 1 heterocycles. The van der Waals surface area contributed by atoms with Crippen molar-refractivity contribution >= 4 is 17.7 Å². The van der Waals surface area contributed by atoms with Gasteiger partial charge in [-0.2, -0.15) is 0 Å². The van der Waals surface area contributed by atoms with Crippen molar-refractivity contribution in [3.8, 4) is 0 Å². The maximum Gasteiger partial charge on any atom is 0.337 e. The molecule has 0 unspecified atom stereocenters. The number of aromatic carboxylic acids is 1. The summed E-state index contributed by atoms with van der Waals surface area (Å²) in [5, 5.41) is 13.2. The summed E-state index contributed by atoms with van der Waals surface area (Å²) in [5.74, 6) is -1.20. The summed E-state index contributed by atoms with van der Waals surface area (Å²) in [4.78, 5) is 13.2. The summed E-state index contributed by atoms with van der Waals surface area (Å²) in [7, 11) is 0. The van der Waals surface area contributed by atoms with E-state index in [1.54, 1.807) is 23.9 Å². The highest BCUT2D eigenvalue weighted by Crippen LogP contribution is 2.24. The quantitative estimate of drug-likeness (QED) is 0.372. The number of halogens is 1. The molecule has 3 rings (SSSR count). The Morgan fingerprint density at radius 2 is 1.67 bits per heavy atom. The minimum Gasteiger partial charge on any atom is -0.478 e. The molecule has 0 spiro atoms. The van der Waals surface area contributed by atoms with E-state index in [-0.39, 0.29) is 5.82 Å². The number of carboxylic acids is 1. The van der Waals surface area contributed by atoms with Gasteiger partial charge in [0.15, 0.2) is 0 Å². The van der Waals surface area contributed by atoms with E-state index >= 15 is 0 Å². The highest BCUT2D eigenvalue weighted by atomic mass is 32.2. The van der Waals surface area contributed by atoms with E-state index in [9.17, 15) is 14.3 Å². The van der Waals surface area contributed by atoms with Gasteiger partial charge in [0.1, 0.15) is 5.82 Å². The smallest absolute Gasteiger partial charge is 0.337 e. The lowest BCUT2D eigenvalue weighted by molar-refractivity contribution is 0.0694. The van der Waals surface area contributed by atoms with Crippen LogP contribution in [0.2, 0.25) is 0 Å². The number of nitrogens with zero attached hydrogens (tertiary/aromatic N) is 1. The zero-order valence-electron chi connectivity index (χ0n) is 17.5. The van der Waals surface area contributed by atoms with Crippen molar-refractivity contribution in [2.45, 2.75) is 38.3 Å². The SMILES string of the molecule is CSc1ccc(CCNCc2c(C(=O)O)c(C)n(Cc3ccc(F)cc3)c2C)cc1. The van der Waals surface area contributed by atoms with E-state index in [0.29, 0.717) is 24.3 Å². The maximum absolute atomic E-state index is 13.2. The van der Waals surface area contributed by atoms with E-state index in [0.717, 1.165) is 29.8 Å². The number of thioether (sulfide) groups is 1.